The second-order valence-corrected chi connectivity index (χ2v) is 13.0. The normalized spacial score (nSPS) is 23.4. The van der Waals surface area contributed by atoms with Gasteiger partial charge in [-0.3, -0.25) is 19.2 Å². The molecule has 4 rings (SSSR count). The lowest BCUT2D eigenvalue weighted by molar-refractivity contribution is -0.138. The quantitative estimate of drug-likeness (QED) is 0.179. The van der Waals surface area contributed by atoms with E-state index in [2.05, 4.69) is 33.2 Å². The number of aromatic nitrogens is 2. The van der Waals surface area contributed by atoms with Gasteiger partial charge in [0.1, 0.15) is 0 Å². The molecule has 6 N–H and O–H groups in total. The second-order valence-electron chi connectivity index (χ2n) is 12.2. The van der Waals surface area contributed by atoms with E-state index in [1.807, 2.05) is 53.7 Å². The highest BCUT2D eigenvalue weighted by Gasteiger charge is 2.41. The van der Waals surface area contributed by atoms with Crippen LogP contribution in [0.1, 0.15) is 80.6 Å². The van der Waals surface area contributed by atoms with Crippen molar-refractivity contribution in [3.8, 4) is 0 Å². The molecule has 0 bridgehead atoms. The molecule has 2 aliphatic heterocycles. The predicted molar refractivity (Wildman–Crippen MR) is 172 cm³/mol. The van der Waals surface area contributed by atoms with Gasteiger partial charge in [-0.15, -0.1) is 0 Å². The zero-order valence-electron chi connectivity index (χ0n) is 26.3. The van der Waals surface area contributed by atoms with Gasteiger partial charge in [0, 0.05) is 70.0 Å². The fraction of sp³-hybridized carbons (Fsp3) is 0.515. The molecule has 0 aliphatic carbocycles. The molecule has 238 valence electrons. The minimum Gasteiger partial charge on any atom is -0.481 e. The molecule has 2 aliphatic rings. The van der Waals surface area contributed by atoms with Crippen LogP contribution in [0.2, 0.25) is 0 Å². The molecule has 2 aromatic heterocycles. The van der Waals surface area contributed by atoms with Crippen LogP contribution in [-0.2, 0) is 38.4 Å². The number of hydrogen-bond acceptors (Lipinski definition) is 5. The number of amides is 2. The maximum atomic E-state index is 12.5. The van der Waals surface area contributed by atoms with Gasteiger partial charge in [-0.1, -0.05) is 20.8 Å². The summed E-state index contributed by atoms with van der Waals surface area (Å²) in [5.74, 6) is -2.00. The molecule has 2 aromatic rings. The predicted octanol–water partition coefficient (Wildman–Crippen LogP) is 2.44. The second kappa shape index (κ2) is 13.5. The molecule has 2 unspecified atom stereocenters. The van der Waals surface area contributed by atoms with Crippen LogP contribution in [0, 0.1) is 25.7 Å². The van der Waals surface area contributed by atoms with Crippen molar-refractivity contribution in [2.45, 2.75) is 97.4 Å². The van der Waals surface area contributed by atoms with Crippen LogP contribution in [0.25, 0.3) is 12.2 Å². The van der Waals surface area contributed by atoms with Crippen molar-refractivity contribution < 1.29 is 29.4 Å². The van der Waals surface area contributed by atoms with Gasteiger partial charge in [0.05, 0.1) is 6.04 Å². The van der Waals surface area contributed by atoms with Gasteiger partial charge >= 0.3 is 11.9 Å². The molecule has 44 heavy (non-hydrogen) atoms. The summed E-state index contributed by atoms with van der Waals surface area (Å²) in [5.41, 5.74) is 6.95. The highest BCUT2D eigenvalue weighted by molar-refractivity contribution is 7.80. The first-order valence-corrected chi connectivity index (χ1v) is 15.8. The number of carboxylic acids is 2. The highest BCUT2D eigenvalue weighted by Crippen LogP contribution is 2.32. The van der Waals surface area contributed by atoms with Gasteiger partial charge in [0.2, 0.25) is 11.8 Å². The van der Waals surface area contributed by atoms with E-state index in [-0.39, 0.29) is 53.8 Å². The largest absolute Gasteiger partial charge is 0.481 e. The Morgan fingerprint density at radius 3 is 2.16 bits per heavy atom. The summed E-state index contributed by atoms with van der Waals surface area (Å²) < 4.78 is 0. The number of H-pyrrole nitrogens is 2. The Morgan fingerprint density at radius 2 is 1.59 bits per heavy atom. The Morgan fingerprint density at radius 1 is 0.955 bits per heavy atom. The van der Waals surface area contributed by atoms with Crippen molar-refractivity contribution in [3.63, 3.8) is 0 Å². The highest BCUT2D eigenvalue weighted by atomic mass is 32.1. The van der Waals surface area contributed by atoms with E-state index in [4.69, 9.17) is 0 Å². The minimum absolute atomic E-state index is 0.00583. The molecular formula is C33H44N4O6S. The molecule has 0 saturated carbocycles. The number of aliphatic carboxylic acids is 2. The summed E-state index contributed by atoms with van der Waals surface area (Å²) in [5, 5.41) is 26.6. The Hall–Kier alpha value is -3.73. The lowest BCUT2D eigenvalue weighted by Gasteiger charge is -2.24. The average molecular weight is 625 g/mol. The molecule has 1 saturated heterocycles. The van der Waals surface area contributed by atoms with Gasteiger partial charge in [0.15, 0.2) is 0 Å². The zero-order valence-corrected chi connectivity index (χ0v) is 27.2. The fourth-order valence-corrected chi connectivity index (χ4v) is 7.30. The van der Waals surface area contributed by atoms with Crippen molar-refractivity contribution in [1.29, 1.82) is 0 Å². The molecule has 2 amide bonds. The van der Waals surface area contributed by atoms with E-state index in [9.17, 15) is 29.4 Å². The summed E-state index contributed by atoms with van der Waals surface area (Å²) in [6.07, 6.45) is 5.59. The smallest absolute Gasteiger partial charge is 0.303 e. The zero-order chi connectivity index (χ0) is 32.5. The number of carbonyl (C=O) groups is 4. The van der Waals surface area contributed by atoms with Gasteiger partial charge < -0.3 is 30.8 Å². The van der Waals surface area contributed by atoms with Crippen LogP contribution < -0.4 is 21.3 Å². The van der Waals surface area contributed by atoms with Crippen LogP contribution in [-0.4, -0.2) is 61.3 Å². The van der Waals surface area contributed by atoms with Gasteiger partial charge in [-0.05, 0) is 80.0 Å². The SMILES string of the molecule is CCC1=C(C)C(/C=c2/[nH]/c(=C\c3[nH]c(CC4NC(=O)[C@H](C)[C@H]4[C@@H](C)S)c(C)c3CCC(=O)O)c(CCC(=O)O)c2C)NC1=O. The molecule has 11 heteroatoms. The molecule has 10 nitrogen and oxygen atoms in total. The van der Waals surface area contributed by atoms with Crippen LogP contribution in [0.15, 0.2) is 11.1 Å². The maximum absolute atomic E-state index is 12.5. The number of hydrogen-bond donors (Lipinski definition) is 7. The topological polar surface area (TPSA) is 164 Å². The Bertz CT molecular complexity index is 1630. The van der Waals surface area contributed by atoms with E-state index in [0.717, 1.165) is 55.5 Å². The summed E-state index contributed by atoms with van der Waals surface area (Å²) in [6.45, 7) is 11.7. The van der Waals surface area contributed by atoms with Crippen molar-refractivity contribution in [2.75, 3.05) is 0 Å². The third kappa shape index (κ3) is 6.82. The van der Waals surface area contributed by atoms with E-state index < -0.39 is 11.9 Å². The third-order valence-corrected chi connectivity index (χ3v) is 9.73. The van der Waals surface area contributed by atoms with Gasteiger partial charge in [-0.25, -0.2) is 0 Å². The summed E-state index contributed by atoms with van der Waals surface area (Å²) in [6, 6.07) is -0.389. The summed E-state index contributed by atoms with van der Waals surface area (Å²) >= 11 is 4.66. The number of aromatic amines is 2. The summed E-state index contributed by atoms with van der Waals surface area (Å²) in [7, 11) is 0. The Balaban J connectivity index is 1.83. The molecule has 0 radical (unpaired) electrons. The van der Waals surface area contributed by atoms with Crippen molar-refractivity contribution >= 4 is 48.5 Å². The number of rotatable bonds is 12. The van der Waals surface area contributed by atoms with E-state index >= 15 is 0 Å². The lowest BCUT2D eigenvalue weighted by atomic mass is 9.86. The minimum atomic E-state index is -0.905. The number of thiol groups is 1. The Kier molecular flexibility index (Phi) is 10.2. The van der Waals surface area contributed by atoms with Crippen molar-refractivity contribution in [3.05, 3.63) is 55.5 Å². The molecule has 0 aromatic carbocycles. The van der Waals surface area contributed by atoms with Crippen molar-refractivity contribution in [2.24, 2.45) is 11.8 Å². The summed E-state index contributed by atoms with van der Waals surface area (Å²) in [4.78, 5) is 55.1. The first-order valence-electron chi connectivity index (χ1n) is 15.3. The van der Waals surface area contributed by atoms with Gasteiger partial charge in [0.25, 0.3) is 0 Å². The molecule has 4 heterocycles. The first kappa shape index (κ1) is 33.2. The molecule has 1 fully saturated rings. The molecule has 0 spiro atoms. The van der Waals surface area contributed by atoms with Crippen molar-refractivity contribution in [1.82, 2.24) is 20.6 Å². The number of nitrogens with one attached hydrogen (secondary N) is 4. The lowest BCUT2D eigenvalue weighted by Crippen LogP contribution is -2.34. The van der Waals surface area contributed by atoms with Crippen LogP contribution in [0.4, 0.5) is 0 Å². The molecular weight excluding hydrogens is 580 g/mol. The van der Waals surface area contributed by atoms with Crippen LogP contribution in [0.5, 0.6) is 0 Å². The monoisotopic (exact) mass is 624 g/mol. The van der Waals surface area contributed by atoms with E-state index in [1.165, 1.54) is 0 Å². The molecule has 5 atom stereocenters. The Labute approximate surface area is 262 Å². The van der Waals surface area contributed by atoms with E-state index in [1.54, 1.807) is 0 Å². The average Bonchev–Trinajstić information content (AvgIpc) is 3.59. The first-order chi connectivity index (χ1) is 20.7. The number of carboxylic acid groups (broad SMARTS) is 2. The van der Waals surface area contributed by atoms with Gasteiger partial charge in [-0.2, -0.15) is 12.6 Å². The maximum Gasteiger partial charge on any atom is 0.303 e. The fourth-order valence-electron chi connectivity index (χ4n) is 6.84. The standard InChI is InChI=1S/C33H44N4O6S/c1-7-20-15(2)25(36-33(20)43)12-23-16(3)21(8-10-29(38)39)26(34-23)14-27-22(9-11-30(40)41)17(4)24(35-27)13-28-31(19(6)44)18(5)32(42)37-28/h12,14,18-19,25,28,31,34-35,44H,7-11,13H2,1-6H3,(H,36,43)(H,37,42)(H,38,39)(H,40,41)/b23-12+,26-14-/t18-,19-,25?,28?,31+/m1/s1. The third-order valence-electron chi connectivity index (χ3n) is 9.39. The van der Waals surface area contributed by atoms with E-state index in [0.29, 0.717) is 25.7 Å². The van der Waals surface area contributed by atoms with Crippen LogP contribution in [0.3, 0.4) is 0 Å². The number of carbonyl (C=O) groups excluding carboxylic acids is 2. The van der Waals surface area contributed by atoms with Crippen LogP contribution >= 0.6 is 12.6 Å².